The van der Waals surface area contributed by atoms with E-state index in [4.69, 9.17) is 15.0 Å². The van der Waals surface area contributed by atoms with Crippen molar-refractivity contribution in [1.29, 1.82) is 0 Å². The molecule has 12 rings (SSSR count). The van der Waals surface area contributed by atoms with Gasteiger partial charge in [-0.3, -0.25) is 0 Å². The largest absolute Gasteiger partial charge is 0.309 e. The Bertz CT molecular complexity index is 3450. The SMILES string of the molecule is c1ccc(-c2nc(-c3ccccc3)nc(-c3cc(-c4ccc5c(c4)c4c6sc7ccccc7c6ccc4n5-c4ccccc4)cc4c3sc3ccccc34)n2)cc1. The fraction of sp³-hybridized carbons (Fsp3) is 0. The molecule has 0 atom stereocenters. The van der Waals surface area contributed by atoms with Crippen molar-refractivity contribution in [3.8, 4) is 51.0 Å². The van der Waals surface area contributed by atoms with Gasteiger partial charge in [0, 0.05) is 73.5 Å². The van der Waals surface area contributed by atoms with E-state index >= 15 is 0 Å². The number of benzene rings is 8. The highest BCUT2D eigenvalue weighted by molar-refractivity contribution is 7.27. The van der Waals surface area contributed by atoms with Gasteiger partial charge >= 0.3 is 0 Å². The molecule has 0 aliphatic rings. The summed E-state index contributed by atoms with van der Waals surface area (Å²) >= 11 is 3.68. The van der Waals surface area contributed by atoms with Crippen LogP contribution in [0, 0.1) is 0 Å². The first kappa shape index (κ1) is 32.3. The van der Waals surface area contributed by atoms with Crippen LogP contribution >= 0.6 is 22.7 Å². The molecule has 266 valence electrons. The molecule has 8 aromatic carbocycles. The number of fused-ring (bicyclic) bond motifs is 10. The lowest BCUT2D eigenvalue weighted by molar-refractivity contribution is 1.08. The third kappa shape index (κ3) is 5.15. The van der Waals surface area contributed by atoms with E-state index in [1.165, 1.54) is 57.5 Å². The number of thiophene rings is 2. The Morgan fingerprint density at radius 1 is 0.351 bits per heavy atom. The zero-order valence-electron chi connectivity index (χ0n) is 30.4. The van der Waals surface area contributed by atoms with Crippen LogP contribution in [0.3, 0.4) is 0 Å². The highest BCUT2D eigenvalue weighted by Crippen LogP contribution is 2.46. The molecule has 4 nitrogen and oxygen atoms in total. The summed E-state index contributed by atoms with van der Waals surface area (Å²) in [5, 5.41) is 7.55. The molecular formula is C51H30N4S2. The van der Waals surface area contributed by atoms with E-state index < -0.39 is 0 Å². The number of hydrogen-bond acceptors (Lipinski definition) is 5. The monoisotopic (exact) mass is 762 g/mol. The van der Waals surface area contributed by atoms with Gasteiger partial charge in [-0.1, -0.05) is 127 Å². The lowest BCUT2D eigenvalue weighted by Gasteiger charge is -2.12. The van der Waals surface area contributed by atoms with E-state index in [-0.39, 0.29) is 0 Å². The van der Waals surface area contributed by atoms with E-state index in [0.29, 0.717) is 17.5 Å². The number of nitrogens with zero attached hydrogens (tertiary/aromatic N) is 4. The molecule has 4 aromatic heterocycles. The van der Waals surface area contributed by atoms with Gasteiger partial charge in [0.1, 0.15) is 0 Å². The maximum absolute atomic E-state index is 5.22. The van der Waals surface area contributed by atoms with Gasteiger partial charge in [-0.05, 0) is 65.7 Å². The Morgan fingerprint density at radius 3 is 1.58 bits per heavy atom. The Morgan fingerprint density at radius 2 is 0.895 bits per heavy atom. The number of hydrogen-bond donors (Lipinski definition) is 0. The third-order valence-corrected chi connectivity index (χ3v) is 13.5. The van der Waals surface area contributed by atoms with Crippen LogP contribution in [0.5, 0.6) is 0 Å². The molecule has 0 amide bonds. The van der Waals surface area contributed by atoms with Crippen LogP contribution in [0.4, 0.5) is 0 Å². The lowest BCUT2D eigenvalue weighted by Crippen LogP contribution is -2.00. The minimum Gasteiger partial charge on any atom is -0.309 e. The average molecular weight is 763 g/mol. The van der Waals surface area contributed by atoms with E-state index in [0.717, 1.165) is 38.2 Å². The zero-order valence-corrected chi connectivity index (χ0v) is 32.1. The Balaban J connectivity index is 1.15. The fourth-order valence-electron chi connectivity index (χ4n) is 8.41. The molecule has 0 fully saturated rings. The van der Waals surface area contributed by atoms with Crippen LogP contribution in [0.1, 0.15) is 0 Å². The van der Waals surface area contributed by atoms with Crippen molar-refractivity contribution in [2.45, 2.75) is 0 Å². The quantitative estimate of drug-likeness (QED) is 0.175. The van der Waals surface area contributed by atoms with Gasteiger partial charge < -0.3 is 4.57 Å². The standard InChI is InChI=1S/C51H30N4S2/c1-4-14-31(15-5-1)49-52-50(32-16-6-2-7-17-32)54-51(53-49)41-30-34(29-39-37-21-11-13-23-45(37)56-47(39)41)33-24-26-42-40(28-33)46-43(55(42)35-18-8-3-9-19-35)27-25-38-36-20-10-12-22-44(36)57-48(38)46/h1-30H. The third-order valence-electron chi connectivity index (χ3n) is 11.0. The lowest BCUT2D eigenvalue weighted by atomic mass is 9.97. The van der Waals surface area contributed by atoms with Crippen molar-refractivity contribution >= 4 is 84.8 Å². The maximum Gasteiger partial charge on any atom is 0.165 e. The van der Waals surface area contributed by atoms with E-state index in [1.807, 2.05) is 47.7 Å². The molecule has 0 saturated carbocycles. The second kappa shape index (κ2) is 12.8. The maximum atomic E-state index is 5.22. The van der Waals surface area contributed by atoms with Crippen LogP contribution in [0.25, 0.3) is 113 Å². The molecule has 0 aliphatic carbocycles. The summed E-state index contributed by atoms with van der Waals surface area (Å²) in [6.45, 7) is 0. The van der Waals surface area contributed by atoms with Crippen LogP contribution in [0.15, 0.2) is 182 Å². The van der Waals surface area contributed by atoms with Gasteiger partial charge in [-0.25, -0.2) is 15.0 Å². The molecule has 0 bridgehead atoms. The van der Waals surface area contributed by atoms with E-state index in [2.05, 4.69) is 150 Å². The van der Waals surface area contributed by atoms with Gasteiger partial charge in [0.05, 0.1) is 11.0 Å². The second-order valence-electron chi connectivity index (χ2n) is 14.4. The first-order valence-corrected chi connectivity index (χ1v) is 20.7. The van der Waals surface area contributed by atoms with Crippen LogP contribution in [-0.2, 0) is 0 Å². The summed E-state index contributed by atoms with van der Waals surface area (Å²) in [7, 11) is 0. The van der Waals surface area contributed by atoms with Crippen LogP contribution in [0.2, 0.25) is 0 Å². The predicted molar refractivity (Wildman–Crippen MR) is 242 cm³/mol. The summed E-state index contributed by atoms with van der Waals surface area (Å²) in [6, 6.07) is 64.9. The van der Waals surface area contributed by atoms with E-state index in [1.54, 1.807) is 11.3 Å². The molecule has 12 aromatic rings. The van der Waals surface area contributed by atoms with Crippen LogP contribution < -0.4 is 0 Å². The Labute approximate surface area is 335 Å². The van der Waals surface area contributed by atoms with Crippen LogP contribution in [-0.4, -0.2) is 19.5 Å². The molecule has 4 heterocycles. The minimum atomic E-state index is 0.654. The smallest absolute Gasteiger partial charge is 0.165 e. The minimum absolute atomic E-state index is 0.654. The highest BCUT2D eigenvalue weighted by Gasteiger charge is 2.21. The Hall–Kier alpha value is -6.99. The summed E-state index contributed by atoms with van der Waals surface area (Å²) in [5.74, 6) is 1.97. The molecule has 0 N–H and O–H groups in total. The molecule has 6 heteroatoms. The number of para-hydroxylation sites is 1. The van der Waals surface area contributed by atoms with Crippen molar-refractivity contribution in [2.75, 3.05) is 0 Å². The predicted octanol–water partition coefficient (Wildman–Crippen LogP) is 14.4. The van der Waals surface area contributed by atoms with E-state index in [9.17, 15) is 0 Å². The molecular weight excluding hydrogens is 733 g/mol. The first-order chi connectivity index (χ1) is 28.2. The topological polar surface area (TPSA) is 43.6 Å². The number of aromatic nitrogens is 4. The molecule has 0 saturated heterocycles. The van der Waals surface area contributed by atoms with Crippen molar-refractivity contribution in [1.82, 2.24) is 19.5 Å². The molecule has 0 radical (unpaired) electrons. The van der Waals surface area contributed by atoms with Gasteiger partial charge in [-0.15, -0.1) is 22.7 Å². The van der Waals surface area contributed by atoms with Gasteiger partial charge in [-0.2, -0.15) is 0 Å². The van der Waals surface area contributed by atoms with Gasteiger partial charge in [0.25, 0.3) is 0 Å². The molecule has 0 unspecified atom stereocenters. The average Bonchev–Trinajstić information content (AvgIpc) is 3.96. The molecule has 0 spiro atoms. The highest BCUT2D eigenvalue weighted by atomic mass is 32.1. The van der Waals surface area contributed by atoms with Crippen molar-refractivity contribution in [2.24, 2.45) is 0 Å². The van der Waals surface area contributed by atoms with Crippen molar-refractivity contribution in [3.63, 3.8) is 0 Å². The zero-order chi connectivity index (χ0) is 37.5. The molecule has 57 heavy (non-hydrogen) atoms. The summed E-state index contributed by atoms with van der Waals surface area (Å²) in [5.41, 5.74) is 8.72. The summed E-state index contributed by atoms with van der Waals surface area (Å²) in [6.07, 6.45) is 0. The van der Waals surface area contributed by atoms with Crippen molar-refractivity contribution < 1.29 is 0 Å². The van der Waals surface area contributed by atoms with Crippen molar-refractivity contribution in [3.05, 3.63) is 182 Å². The fourth-order valence-corrected chi connectivity index (χ4v) is 10.9. The molecule has 0 aliphatic heterocycles. The number of rotatable bonds is 5. The first-order valence-electron chi connectivity index (χ1n) is 19.0. The summed E-state index contributed by atoms with van der Waals surface area (Å²) in [4.78, 5) is 15.5. The Kier molecular flexibility index (Phi) is 7.24. The second-order valence-corrected chi connectivity index (χ2v) is 16.5. The van der Waals surface area contributed by atoms with Gasteiger partial charge in [0.15, 0.2) is 17.5 Å². The van der Waals surface area contributed by atoms with Gasteiger partial charge in [0.2, 0.25) is 0 Å². The summed E-state index contributed by atoms with van der Waals surface area (Å²) < 4.78 is 7.44. The normalized spacial score (nSPS) is 11.9.